The average Bonchev–Trinajstić information content (AvgIpc) is 2.92. The summed E-state index contributed by atoms with van der Waals surface area (Å²) in [6.07, 6.45) is 1.41. The Morgan fingerprint density at radius 3 is 2.78 bits per heavy atom. The van der Waals surface area contributed by atoms with E-state index in [4.69, 9.17) is 11.1 Å². The summed E-state index contributed by atoms with van der Waals surface area (Å²) in [7, 11) is 0. The molecule has 6 heteroatoms. The first-order valence-corrected chi connectivity index (χ1v) is 7.52. The van der Waals surface area contributed by atoms with E-state index in [1.54, 1.807) is 0 Å². The number of aromatic nitrogens is 3. The number of nitrogens with two attached hydrogens (primary N) is 1. The van der Waals surface area contributed by atoms with E-state index in [-0.39, 0.29) is 11.8 Å². The molecule has 23 heavy (non-hydrogen) atoms. The largest absolute Gasteiger partial charge is 0.383 e. The predicted molar refractivity (Wildman–Crippen MR) is 94.2 cm³/mol. The van der Waals surface area contributed by atoms with E-state index >= 15 is 0 Å². The molecule has 0 unspecified atom stereocenters. The number of rotatable bonds is 4. The highest BCUT2D eigenvalue weighted by atomic mass is 15.1. The number of hydrogen-bond acceptors (Lipinski definition) is 5. The van der Waals surface area contributed by atoms with Crippen LogP contribution in [0.15, 0.2) is 30.6 Å². The Morgan fingerprint density at radius 2 is 2.09 bits per heavy atom. The molecule has 0 amide bonds. The molecule has 0 radical (unpaired) electrons. The van der Waals surface area contributed by atoms with E-state index in [0.717, 1.165) is 16.5 Å². The highest BCUT2D eigenvalue weighted by molar-refractivity contribution is 6.16. The molecule has 0 saturated carbocycles. The first kappa shape index (κ1) is 15.0. The lowest BCUT2D eigenvalue weighted by Crippen LogP contribution is -2.18. The quantitative estimate of drug-likeness (QED) is 0.556. The predicted octanol–water partition coefficient (Wildman–Crippen LogP) is 3.08. The maximum atomic E-state index is 8.57. The van der Waals surface area contributed by atoms with Crippen molar-refractivity contribution in [3.05, 3.63) is 47.4 Å². The van der Waals surface area contributed by atoms with Crippen LogP contribution in [-0.4, -0.2) is 26.7 Å². The van der Waals surface area contributed by atoms with Gasteiger partial charge in [0.1, 0.15) is 18.0 Å². The van der Waals surface area contributed by atoms with Crippen molar-refractivity contribution in [1.82, 2.24) is 15.0 Å². The van der Waals surface area contributed by atoms with Gasteiger partial charge in [-0.1, -0.05) is 18.2 Å². The lowest BCUT2D eigenvalue weighted by Gasteiger charge is -2.14. The number of H-pyrrole nitrogens is 1. The Labute approximate surface area is 134 Å². The lowest BCUT2D eigenvalue weighted by molar-refractivity contribution is 0.885. The molecule has 6 nitrogen and oxygen atoms in total. The normalized spacial score (nSPS) is 11.1. The van der Waals surface area contributed by atoms with Gasteiger partial charge in [-0.15, -0.1) is 0 Å². The SMILES string of the molecule is Cc1cccc2cc(C(=N)c3c(N)ncnc3NC(C)C)[nH]c12. The Balaban J connectivity index is 2.10. The zero-order valence-corrected chi connectivity index (χ0v) is 13.4. The molecular formula is C17H20N6. The Kier molecular flexibility index (Phi) is 3.73. The van der Waals surface area contributed by atoms with Gasteiger partial charge in [0.15, 0.2) is 0 Å². The molecule has 3 aromatic rings. The van der Waals surface area contributed by atoms with Crippen LogP contribution < -0.4 is 11.1 Å². The molecule has 3 rings (SSSR count). The van der Waals surface area contributed by atoms with Gasteiger partial charge < -0.3 is 16.0 Å². The summed E-state index contributed by atoms with van der Waals surface area (Å²) in [4.78, 5) is 11.6. The molecule has 0 aliphatic carbocycles. The van der Waals surface area contributed by atoms with Crippen LogP contribution in [0.5, 0.6) is 0 Å². The zero-order chi connectivity index (χ0) is 16.6. The summed E-state index contributed by atoms with van der Waals surface area (Å²) in [5, 5.41) is 12.9. The van der Waals surface area contributed by atoms with Crippen LogP contribution in [-0.2, 0) is 0 Å². The molecule has 2 heterocycles. The second-order valence-corrected chi connectivity index (χ2v) is 5.88. The number of nitrogens with zero attached hydrogens (tertiary/aromatic N) is 2. The molecular weight excluding hydrogens is 288 g/mol. The second kappa shape index (κ2) is 5.72. The maximum Gasteiger partial charge on any atom is 0.141 e. The van der Waals surface area contributed by atoms with Crippen LogP contribution in [0.25, 0.3) is 10.9 Å². The van der Waals surface area contributed by atoms with E-state index < -0.39 is 0 Å². The second-order valence-electron chi connectivity index (χ2n) is 5.88. The summed E-state index contributed by atoms with van der Waals surface area (Å²) >= 11 is 0. The van der Waals surface area contributed by atoms with E-state index in [0.29, 0.717) is 22.9 Å². The molecule has 2 aromatic heterocycles. The zero-order valence-electron chi connectivity index (χ0n) is 13.4. The van der Waals surface area contributed by atoms with Crippen molar-refractivity contribution in [2.45, 2.75) is 26.8 Å². The summed E-state index contributed by atoms with van der Waals surface area (Å²) in [5.41, 5.74) is 9.68. The van der Waals surface area contributed by atoms with Gasteiger partial charge in [-0.05, 0) is 32.4 Å². The number of benzene rings is 1. The van der Waals surface area contributed by atoms with E-state index in [2.05, 4.69) is 20.3 Å². The fraction of sp³-hybridized carbons (Fsp3) is 0.235. The molecule has 0 spiro atoms. The number of nitrogens with one attached hydrogen (secondary N) is 3. The minimum Gasteiger partial charge on any atom is -0.383 e. The molecule has 1 aromatic carbocycles. The molecule has 118 valence electrons. The van der Waals surface area contributed by atoms with Crippen molar-refractivity contribution >= 4 is 28.3 Å². The molecule has 0 bridgehead atoms. The van der Waals surface area contributed by atoms with E-state index in [9.17, 15) is 0 Å². The molecule has 0 atom stereocenters. The van der Waals surface area contributed by atoms with Crippen LogP contribution in [0.1, 0.15) is 30.7 Å². The molecule has 5 N–H and O–H groups in total. The molecule has 0 aliphatic heterocycles. The van der Waals surface area contributed by atoms with Crippen molar-refractivity contribution in [3.63, 3.8) is 0 Å². The van der Waals surface area contributed by atoms with Gasteiger partial charge in [-0.2, -0.15) is 0 Å². The fourth-order valence-electron chi connectivity index (χ4n) is 2.61. The number of para-hydroxylation sites is 1. The molecule has 0 saturated heterocycles. The molecule has 0 aliphatic rings. The van der Waals surface area contributed by atoms with E-state index in [1.807, 2.05) is 45.0 Å². The van der Waals surface area contributed by atoms with Crippen LogP contribution >= 0.6 is 0 Å². The van der Waals surface area contributed by atoms with Gasteiger partial charge in [0, 0.05) is 16.9 Å². The Hall–Kier alpha value is -2.89. The van der Waals surface area contributed by atoms with Crippen molar-refractivity contribution in [2.24, 2.45) is 0 Å². The van der Waals surface area contributed by atoms with E-state index in [1.165, 1.54) is 6.33 Å². The smallest absolute Gasteiger partial charge is 0.141 e. The standard InChI is InChI=1S/C17H20N6/c1-9(2)22-17-13(16(19)20-8-21-17)14(18)12-7-11-6-4-5-10(3)15(11)23-12/h4-9,18,23H,1-3H3,(H3,19,20,21,22). The number of fused-ring (bicyclic) bond motifs is 1. The Bertz CT molecular complexity index is 878. The number of hydrogen-bond donors (Lipinski definition) is 4. The summed E-state index contributed by atoms with van der Waals surface area (Å²) in [6, 6.07) is 8.20. The van der Waals surface area contributed by atoms with Crippen LogP contribution in [0.3, 0.4) is 0 Å². The maximum absolute atomic E-state index is 8.57. The van der Waals surface area contributed by atoms with Crippen molar-refractivity contribution in [3.8, 4) is 0 Å². The summed E-state index contributed by atoms with van der Waals surface area (Å²) in [6.45, 7) is 6.06. The Morgan fingerprint density at radius 1 is 1.30 bits per heavy atom. The highest BCUT2D eigenvalue weighted by Gasteiger charge is 2.18. The first-order chi connectivity index (χ1) is 11.0. The monoisotopic (exact) mass is 308 g/mol. The van der Waals surface area contributed by atoms with Crippen LogP contribution in [0.2, 0.25) is 0 Å². The van der Waals surface area contributed by atoms with Crippen molar-refractivity contribution < 1.29 is 0 Å². The van der Waals surface area contributed by atoms with Crippen molar-refractivity contribution in [1.29, 1.82) is 5.41 Å². The minimum absolute atomic E-state index is 0.181. The third kappa shape index (κ3) is 2.75. The van der Waals surface area contributed by atoms with Crippen LogP contribution in [0.4, 0.5) is 11.6 Å². The van der Waals surface area contributed by atoms with Gasteiger partial charge in [-0.3, -0.25) is 5.41 Å². The van der Waals surface area contributed by atoms with Gasteiger partial charge in [0.2, 0.25) is 0 Å². The summed E-state index contributed by atoms with van der Waals surface area (Å²) < 4.78 is 0. The van der Waals surface area contributed by atoms with Gasteiger partial charge in [0.05, 0.1) is 17.0 Å². The van der Waals surface area contributed by atoms with Gasteiger partial charge >= 0.3 is 0 Å². The average molecular weight is 308 g/mol. The molecule has 0 fully saturated rings. The summed E-state index contributed by atoms with van der Waals surface area (Å²) in [5.74, 6) is 0.872. The third-order valence-corrected chi connectivity index (χ3v) is 3.69. The number of aryl methyl sites for hydroxylation is 1. The highest BCUT2D eigenvalue weighted by Crippen LogP contribution is 2.25. The minimum atomic E-state index is 0.181. The number of anilines is 2. The number of nitrogen functional groups attached to an aromatic ring is 1. The third-order valence-electron chi connectivity index (χ3n) is 3.69. The van der Waals surface area contributed by atoms with Crippen molar-refractivity contribution in [2.75, 3.05) is 11.1 Å². The lowest BCUT2D eigenvalue weighted by atomic mass is 10.1. The topological polar surface area (TPSA) is 103 Å². The number of aromatic amines is 1. The first-order valence-electron chi connectivity index (χ1n) is 7.52. The fourth-order valence-corrected chi connectivity index (χ4v) is 2.61. The van der Waals surface area contributed by atoms with Gasteiger partial charge in [0.25, 0.3) is 0 Å². The van der Waals surface area contributed by atoms with Crippen LogP contribution in [0, 0.1) is 12.3 Å². The van der Waals surface area contributed by atoms with Gasteiger partial charge in [-0.25, -0.2) is 9.97 Å².